The van der Waals surface area contributed by atoms with Crippen LogP contribution in [-0.2, 0) is 12.8 Å². The van der Waals surface area contributed by atoms with Gasteiger partial charge in [0.15, 0.2) is 11.5 Å². The predicted molar refractivity (Wildman–Crippen MR) is 89.9 cm³/mol. The van der Waals surface area contributed by atoms with Gasteiger partial charge in [0, 0.05) is 12.8 Å². The standard InChI is InChI=1S/C19H23NO3.ClH/c1-20(2)11-10-14-6-9-17(23-3)19(22)18(14)16(20)12-13-4-7-15(21)8-5-13;/h4-9,16H,10-12H2,1-3H3,(H-,21,22);1H. The van der Waals surface area contributed by atoms with E-state index in [1.54, 1.807) is 19.2 Å². The molecule has 1 unspecified atom stereocenters. The second kappa shape index (κ2) is 6.91. The van der Waals surface area contributed by atoms with Gasteiger partial charge in [-0.05, 0) is 29.3 Å². The fourth-order valence-electron chi connectivity index (χ4n) is 3.50. The number of likely N-dealkylation sites (N-methyl/N-ethyl adjacent to an activating group) is 1. The van der Waals surface area contributed by atoms with E-state index in [1.807, 2.05) is 18.2 Å². The third-order valence-electron chi connectivity index (χ3n) is 4.99. The number of phenolic OH excluding ortho intramolecular Hbond substituents is 2. The molecular weight excluding hydrogens is 326 g/mol. The zero-order valence-electron chi connectivity index (χ0n) is 14.3. The van der Waals surface area contributed by atoms with Crippen molar-refractivity contribution in [2.75, 3.05) is 27.7 Å². The van der Waals surface area contributed by atoms with Gasteiger partial charge in [-0.25, -0.2) is 0 Å². The summed E-state index contributed by atoms with van der Waals surface area (Å²) >= 11 is 0. The molecule has 1 heterocycles. The Morgan fingerprint density at radius 3 is 2.38 bits per heavy atom. The van der Waals surface area contributed by atoms with E-state index in [2.05, 4.69) is 20.2 Å². The third-order valence-corrected chi connectivity index (χ3v) is 4.99. The van der Waals surface area contributed by atoms with Crippen LogP contribution in [0.1, 0.15) is 22.7 Å². The van der Waals surface area contributed by atoms with Gasteiger partial charge in [-0.15, -0.1) is 0 Å². The third kappa shape index (κ3) is 3.30. The number of phenols is 2. The normalized spacial score (nSPS) is 18.4. The molecule has 4 nitrogen and oxygen atoms in total. The first kappa shape index (κ1) is 18.4. The Bertz CT molecular complexity index is 713. The summed E-state index contributed by atoms with van der Waals surface area (Å²) in [6.07, 6.45) is 1.76. The van der Waals surface area contributed by atoms with E-state index in [0.29, 0.717) is 5.75 Å². The van der Waals surface area contributed by atoms with Gasteiger partial charge in [-0.1, -0.05) is 18.2 Å². The monoisotopic (exact) mass is 349 g/mol. The van der Waals surface area contributed by atoms with Crippen molar-refractivity contribution < 1.29 is 31.8 Å². The van der Waals surface area contributed by atoms with Gasteiger partial charge in [0.05, 0.1) is 33.3 Å². The van der Waals surface area contributed by atoms with Crippen LogP contribution in [0.15, 0.2) is 36.4 Å². The number of nitrogens with zero attached hydrogens (tertiary/aromatic N) is 1. The van der Waals surface area contributed by atoms with E-state index in [1.165, 1.54) is 5.56 Å². The van der Waals surface area contributed by atoms with Crippen molar-refractivity contribution in [1.82, 2.24) is 0 Å². The maximum atomic E-state index is 10.7. The van der Waals surface area contributed by atoms with E-state index in [4.69, 9.17) is 4.74 Å². The highest BCUT2D eigenvalue weighted by atomic mass is 35.5. The minimum atomic E-state index is 0. The topological polar surface area (TPSA) is 49.7 Å². The van der Waals surface area contributed by atoms with Crippen molar-refractivity contribution in [3.63, 3.8) is 0 Å². The van der Waals surface area contributed by atoms with Crippen LogP contribution < -0.4 is 17.1 Å². The number of halogens is 1. The Kier molecular flexibility index (Phi) is 5.31. The van der Waals surface area contributed by atoms with Crippen LogP contribution in [0.2, 0.25) is 0 Å². The maximum absolute atomic E-state index is 10.7. The molecule has 0 aromatic heterocycles. The molecule has 1 aliphatic rings. The van der Waals surface area contributed by atoms with Gasteiger partial charge in [-0.3, -0.25) is 0 Å². The first-order chi connectivity index (χ1) is 10.9. The molecule has 130 valence electrons. The highest BCUT2D eigenvalue weighted by Crippen LogP contribution is 2.44. The number of hydrogen-bond donors (Lipinski definition) is 2. The van der Waals surface area contributed by atoms with Crippen molar-refractivity contribution in [3.8, 4) is 17.2 Å². The largest absolute Gasteiger partial charge is 1.00 e. The highest BCUT2D eigenvalue weighted by Gasteiger charge is 2.38. The van der Waals surface area contributed by atoms with Crippen molar-refractivity contribution >= 4 is 0 Å². The molecule has 2 aromatic rings. The molecule has 0 bridgehead atoms. The molecule has 0 radical (unpaired) electrons. The van der Waals surface area contributed by atoms with Crippen LogP contribution in [0.5, 0.6) is 17.2 Å². The summed E-state index contributed by atoms with van der Waals surface area (Å²) in [6.45, 7) is 1.03. The number of fused-ring (bicyclic) bond motifs is 1. The fourth-order valence-corrected chi connectivity index (χ4v) is 3.50. The lowest BCUT2D eigenvalue weighted by Gasteiger charge is -2.43. The van der Waals surface area contributed by atoms with Crippen LogP contribution in [0.25, 0.3) is 0 Å². The minimum absolute atomic E-state index is 0. The summed E-state index contributed by atoms with van der Waals surface area (Å²) in [4.78, 5) is 0. The lowest BCUT2D eigenvalue weighted by Crippen LogP contribution is -3.00. The number of benzene rings is 2. The first-order valence-electron chi connectivity index (χ1n) is 7.91. The number of rotatable bonds is 3. The van der Waals surface area contributed by atoms with Crippen LogP contribution in [0, 0.1) is 0 Å². The van der Waals surface area contributed by atoms with Gasteiger partial charge < -0.3 is 31.8 Å². The summed E-state index contributed by atoms with van der Waals surface area (Å²) in [5.41, 5.74) is 3.34. The molecule has 3 rings (SSSR count). The number of hydrogen-bond acceptors (Lipinski definition) is 3. The van der Waals surface area contributed by atoms with E-state index >= 15 is 0 Å². The quantitative estimate of drug-likeness (QED) is 0.769. The molecule has 0 aliphatic carbocycles. The van der Waals surface area contributed by atoms with Gasteiger partial charge >= 0.3 is 0 Å². The number of ether oxygens (including phenoxy) is 1. The summed E-state index contributed by atoms with van der Waals surface area (Å²) in [5, 5.41) is 20.2. The average molecular weight is 350 g/mol. The van der Waals surface area contributed by atoms with Crippen LogP contribution >= 0.6 is 0 Å². The first-order valence-corrected chi connectivity index (χ1v) is 7.91. The number of quaternary nitrogens is 1. The van der Waals surface area contributed by atoms with Crippen molar-refractivity contribution in [2.24, 2.45) is 0 Å². The van der Waals surface area contributed by atoms with Crippen molar-refractivity contribution in [2.45, 2.75) is 18.9 Å². The Hall–Kier alpha value is -1.91. The molecule has 2 aromatic carbocycles. The molecule has 1 aliphatic heterocycles. The van der Waals surface area contributed by atoms with Crippen LogP contribution in [-0.4, -0.2) is 42.4 Å². The molecule has 5 heteroatoms. The highest BCUT2D eigenvalue weighted by molar-refractivity contribution is 5.52. The minimum Gasteiger partial charge on any atom is -1.00 e. The summed E-state index contributed by atoms with van der Waals surface area (Å²) in [7, 11) is 5.99. The second-order valence-electron chi connectivity index (χ2n) is 6.83. The van der Waals surface area contributed by atoms with E-state index < -0.39 is 0 Å². The van der Waals surface area contributed by atoms with Crippen molar-refractivity contribution in [1.29, 1.82) is 0 Å². The molecule has 0 saturated carbocycles. The predicted octanol–water partition coefficient (Wildman–Crippen LogP) is 0.0267. The van der Waals surface area contributed by atoms with E-state index in [0.717, 1.165) is 35.0 Å². The molecule has 0 amide bonds. The van der Waals surface area contributed by atoms with E-state index in [-0.39, 0.29) is 29.9 Å². The number of methoxy groups -OCH3 is 1. The zero-order valence-corrected chi connectivity index (χ0v) is 15.0. The molecule has 2 N–H and O–H groups in total. The lowest BCUT2D eigenvalue weighted by atomic mass is 9.86. The Balaban J connectivity index is 0.00000208. The summed E-state index contributed by atoms with van der Waals surface area (Å²) in [6, 6.07) is 11.4. The molecule has 1 atom stereocenters. The Labute approximate surface area is 149 Å². The van der Waals surface area contributed by atoms with Gasteiger partial charge in [-0.2, -0.15) is 0 Å². The molecule has 0 fully saturated rings. The van der Waals surface area contributed by atoms with Crippen LogP contribution in [0.3, 0.4) is 0 Å². The Morgan fingerprint density at radius 1 is 1.08 bits per heavy atom. The summed E-state index contributed by atoms with van der Waals surface area (Å²) < 4.78 is 6.12. The second-order valence-corrected chi connectivity index (χ2v) is 6.83. The van der Waals surface area contributed by atoms with E-state index in [9.17, 15) is 10.2 Å². The maximum Gasteiger partial charge on any atom is 0.167 e. The van der Waals surface area contributed by atoms with Gasteiger partial charge in [0.2, 0.25) is 0 Å². The lowest BCUT2D eigenvalue weighted by molar-refractivity contribution is -0.923. The average Bonchev–Trinajstić information content (AvgIpc) is 2.52. The fraction of sp³-hybridized carbons (Fsp3) is 0.368. The van der Waals surface area contributed by atoms with Crippen LogP contribution in [0.4, 0.5) is 0 Å². The zero-order chi connectivity index (χ0) is 16.6. The van der Waals surface area contributed by atoms with Gasteiger partial charge in [0.1, 0.15) is 11.8 Å². The number of aromatic hydroxyl groups is 2. The van der Waals surface area contributed by atoms with Gasteiger partial charge in [0.25, 0.3) is 0 Å². The smallest absolute Gasteiger partial charge is 0.167 e. The molecule has 24 heavy (non-hydrogen) atoms. The molecule has 0 saturated heterocycles. The van der Waals surface area contributed by atoms with Crippen molar-refractivity contribution in [3.05, 3.63) is 53.1 Å². The summed E-state index contributed by atoms with van der Waals surface area (Å²) in [5.74, 6) is 1.07. The molecular formula is C19H24ClNO3. The SMILES string of the molecule is COc1ccc2c(c1O)C(Cc1ccc(O)cc1)[N+](C)(C)CC2.[Cl-]. The molecule has 0 spiro atoms. The Morgan fingerprint density at radius 2 is 1.75 bits per heavy atom.